The van der Waals surface area contributed by atoms with Crippen molar-refractivity contribution in [1.29, 1.82) is 0 Å². The molecule has 1 aliphatic heterocycles. The van der Waals surface area contributed by atoms with Gasteiger partial charge >= 0.3 is 0 Å². The minimum Gasteiger partial charge on any atom is -0.341 e. The number of aromatic nitrogens is 2. The molecule has 0 bridgehead atoms. The highest BCUT2D eigenvalue weighted by Gasteiger charge is 2.25. The Hall–Kier alpha value is -1.99. The number of benzene rings is 1. The molecular weight excluding hydrogens is 312 g/mol. The highest BCUT2D eigenvalue weighted by molar-refractivity contribution is 7.89. The van der Waals surface area contributed by atoms with E-state index < -0.39 is 10.0 Å². The van der Waals surface area contributed by atoms with Crippen LogP contribution in [0.15, 0.2) is 47.6 Å². The third-order valence-electron chi connectivity index (χ3n) is 3.98. The fourth-order valence-corrected chi connectivity index (χ4v) is 3.96. The SMILES string of the molecule is Cc1ccc(S(=O)(=O)NC2CCN(c3ncccn3)CC2)cc1. The first-order chi connectivity index (χ1) is 11.0. The Morgan fingerprint density at radius 1 is 1.09 bits per heavy atom. The molecule has 0 unspecified atom stereocenters. The molecule has 1 aromatic carbocycles. The number of piperidine rings is 1. The lowest BCUT2D eigenvalue weighted by molar-refractivity contribution is 0.456. The van der Waals surface area contributed by atoms with E-state index in [2.05, 4.69) is 19.6 Å². The lowest BCUT2D eigenvalue weighted by Crippen LogP contribution is -2.45. The largest absolute Gasteiger partial charge is 0.341 e. The zero-order valence-corrected chi connectivity index (χ0v) is 13.8. The van der Waals surface area contributed by atoms with E-state index >= 15 is 0 Å². The maximum Gasteiger partial charge on any atom is 0.240 e. The second-order valence-corrected chi connectivity index (χ2v) is 7.46. The highest BCUT2D eigenvalue weighted by atomic mass is 32.2. The molecule has 122 valence electrons. The Labute approximate surface area is 136 Å². The van der Waals surface area contributed by atoms with Crippen molar-refractivity contribution in [1.82, 2.24) is 14.7 Å². The summed E-state index contributed by atoms with van der Waals surface area (Å²) in [5.74, 6) is 0.701. The molecule has 1 saturated heterocycles. The molecule has 3 rings (SSSR count). The van der Waals surface area contributed by atoms with Crippen LogP contribution in [0.25, 0.3) is 0 Å². The molecule has 0 atom stereocenters. The van der Waals surface area contributed by atoms with Gasteiger partial charge in [-0.2, -0.15) is 0 Å². The van der Waals surface area contributed by atoms with Crippen LogP contribution in [0.2, 0.25) is 0 Å². The van der Waals surface area contributed by atoms with Crippen LogP contribution in [0.3, 0.4) is 0 Å². The standard InChI is InChI=1S/C16H20N4O2S/c1-13-3-5-15(6-4-13)23(21,22)19-14-7-11-20(12-8-14)16-17-9-2-10-18-16/h2-6,9-10,14,19H,7-8,11-12H2,1H3. The number of rotatable bonds is 4. The average molecular weight is 332 g/mol. The normalized spacial score (nSPS) is 16.5. The monoisotopic (exact) mass is 332 g/mol. The van der Waals surface area contributed by atoms with Gasteiger partial charge in [-0.15, -0.1) is 0 Å². The molecule has 0 aliphatic carbocycles. The van der Waals surface area contributed by atoms with Crippen molar-refractivity contribution in [3.63, 3.8) is 0 Å². The van der Waals surface area contributed by atoms with Crippen LogP contribution < -0.4 is 9.62 Å². The number of hydrogen-bond donors (Lipinski definition) is 1. The second kappa shape index (κ2) is 6.64. The highest BCUT2D eigenvalue weighted by Crippen LogP contribution is 2.18. The average Bonchev–Trinajstić information content (AvgIpc) is 2.56. The third-order valence-corrected chi connectivity index (χ3v) is 5.52. The van der Waals surface area contributed by atoms with Gasteiger partial charge in [-0.25, -0.2) is 23.1 Å². The fourth-order valence-electron chi connectivity index (χ4n) is 2.66. The zero-order valence-electron chi connectivity index (χ0n) is 13.0. The number of aryl methyl sites for hydroxylation is 1. The molecule has 1 fully saturated rings. The minimum absolute atomic E-state index is 0.0544. The maximum atomic E-state index is 12.4. The maximum absolute atomic E-state index is 12.4. The summed E-state index contributed by atoms with van der Waals surface area (Å²) in [5.41, 5.74) is 1.04. The van der Waals surface area contributed by atoms with E-state index in [9.17, 15) is 8.42 Å². The Kier molecular flexibility index (Phi) is 4.58. The molecule has 0 spiro atoms. The first kappa shape index (κ1) is 15.9. The Balaban J connectivity index is 1.61. The molecule has 1 aliphatic rings. The number of sulfonamides is 1. The van der Waals surface area contributed by atoms with Crippen molar-refractivity contribution >= 4 is 16.0 Å². The van der Waals surface area contributed by atoms with E-state index in [-0.39, 0.29) is 6.04 Å². The first-order valence-corrected chi connectivity index (χ1v) is 9.14. The van der Waals surface area contributed by atoms with Gasteiger partial charge in [0, 0.05) is 31.5 Å². The molecular formula is C16H20N4O2S. The predicted molar refractivity (Wildman–Crippen MR) is 88.8 cm³/mol. The summed E-state index contributed by atoms with van der Waals surface area (Å²) in [6.45, 7) is 3.42. The molecule has 1 N–H and O–H groups in total. The number of hydrogen-bond acceptors (Lipinski definition) is 5. The van der Waals surface area contributed by atoms with Crippen molar-refractivity contribution in [3.8, 4) is 0 Å². The lowest BCUT2D eigenvalue weighted by atomic mass is 10.1. The molecule has 23 heavy (non-hydrogen) atoms. The van der Waals surface area contributed by atoms with Crippen molar-refractivity contribution < 1.29 is 8.42 Å². The van der Waals surface area contributed by atoms with Gasteiger partial charge in [0.1, 0.15) is 0 Å². The van der Waals surface area contributed by atoms with Gasteiger partial charge in [0.15, 0.2) is 0 Å². The molecule has 0 saturated carbocycles. The number of anilines is 1. The van der Waals surface area contributed by atoms with Crippen molar-refractivity contribution in [3.05, 3.63) is 48.3 Å². The van der Waals surface area contributed by atoms with Gasteiger partial charge < -0.3 is 4.90 Å². The van der Waals surface area contributed by atoms with E-state index in [4.69, 9.17) is 0 Å². The van der Waals surface area contributed by atoms with E-state index in [0.717, 1.165) is 31.5 Å². The van der Waals surface area contributed by atoms with Crippen LogP contribution >= 0.6 is 0 Å². The van der Waals surface area contributed by atoms with Crippen molar-refractivity contribution in [2.45, 2.75) is 30.7 Å². The summed E-state index contributed by atoms with van der Waals surface area (Å²) in [6.07, 6.45) is 4.91. The van der Waals surface area contributed by atoms with E-state index in [1.165, 1.54) is 0 Å². The van der Waals surface area contributed by atoms with Gasteiger partial charge in [0.25, 0.3) is 0 Å². The zero-order chi connectivity index (χ0) is 16.3. The Bertz CT molecular complexity index is 739. The third kappa shape index (κ3) is 3.86. The van der Waals surface area contributed by atoms with Crippen LogP contribution in [0, 0.1) is 6.92 Å². The van der Waals surface area contributed by atoms with Crippen LogP contribution in [0.4, 0.5) is 5.95 Å². The quantitative estimate of drug-likeness (QED) is 0.923. The van der Waals surface area contributed by atoms with E-state index in [1.54, 1.807) is 30.6 Å². The molecule has 0 amide bonds. The predicted octanol–water partition coefficient (Wildman–Crippen LogP) is 1.73. The van der Waals surface area contributed by atoms with Crippen LogP contribution in [0.5, 0.6) is 0 Å². The Morgan fingerprint density at radius 3 is 2.30 bits per heavy atom. The van der Waals surface area contributed by atoms with Gasteiger partial charge in [0.05, 0.1) is 4.90 Å². The molecule has 0 radical (unpaired) electrons. The van der Waals surface area contributed by atoms with Crippen molar-refractivity contribution in [2.75, 3.05) is 18.0 Å². The van der Waals surface area contributed by atoms with Crippen LogP contribution in [0.1, 0.15) is 18.4 Å². The summed E-state index contributed by atoms with van der Waals surface area (Å²) < 4.78 is 27.6. The summed E-state index contributed by atoms with van der Waals surface area (Å²) in [5, 5.41) is 0. The fraction of sp³-hybridized carbons (Fsp3) is 0.375. The molecule has 7 heteroatoms. The van der Waals surface area contributed by atoms with E-state index in [1.807, 2.05) is 19.1 Å². The Morgan fingerprint density at radius 2 is 1.70 bits per heavy atom. The number of nitrogens with one attached hydrogen (secondary N) is 1. The summed E-state index contributed by atoms with van der Waals surface area (Å²) in [6, 6.07) is 8.64. The minimum atomic E-state index is -3.46. The van der Waals surface area contributed by atoms with Gasteiger partial charge in [0.2, 0.25) is 16.0 Å². The summed E-state index contributed by atoms with van der Waals surface area (Å²) in [4.78, 5) is 10.9. The topological polar surface area (TPSA) is 75.2 Å². The van der Waals surface area contributed by atoms with Gasteiger partial charge in [-0.05, 0) is 38.0 Å². The van der Waals surface area contributed by atoms with Gasteiger partial charge in [-0.3, -0.25) is 0 Å². The molecule has 6 nitrogen and oxygen atoms in total. The van der Waals surface area contributed by atoms with Gasteiger partial charge in [-0.1, -0.05) is 17.7 Å². The molecule has 2 aromatic rings. The molecule has 1 aromatic heterocycles. The van der Waals surface area contributed by atoms with Crippen molar-refractivity contribution in [2.24, 2.45) is 0 Å². The summed E-state index contributed by atoms with van der Waals surface area (Å²) >= 11 is 0. The van der Waals surface area contributed by atoms with Crippen LogP contribution in [-0.4, -0.2) is 37.5 Å². The molecule has 2 heterocycles. The smallest absolute Gasteiger partial charge is 0.240 e. The first-order valence-electron chi connectivity index (χ1n) is 7.65. The summed E-state index contributed by atoms with van der Waals surface area (Å²) in [7, 11) is -3.46. The van der Waals surface area contributed by atoms with Crippen LogP contribution in [-0.2, 0) is 10.0 Å². The second-order valence-electron chi connectivity index (χ2n) is 5.74. The number of nitrogens with zero attached hydrogens (tertiary/aromatic N) is 3. The van der Waals surface area contributed by atoms with E-state index in [0.29, 0.717) is 10.8 Å². The lowest BCUT2D eigenvalue weighted by Gasteiger charge is -2.32.